The van der Waals surface area contributed by atoms with E-state index in [1.165, 1.54) is 12.0 Å². The van der Waals surface area contributed by atoms with Crippen molar-refractivity contribution in [1.82, 2.24) is 9.88 Å². The Morgan fingerprint density at radius 3 is 3.00 bits per heavy atom. The summed E-state index contributed by atoms with van der Waals surface area (Å²) in [6.07, 6.45) is -0.722. The van der Waals surface area contributed by atoms with E-state index in [0.29, 0.717) is 5.82 Å². The largest absolute Gasteiger partial charge is 0.389 e. The number of aliphatic hydroxyl groups excluding tert-OH is 1. The van der Waals surface area contributed by atoms with Crippen LogP contribution >= 0.6 is 0 Å². The van der Waals surface area contributed by atoms with Gasteiger partial charge in [-0.3, -0.25) is 4.79 Å². The van der Waals surface area contributed by atoms with Crippen molar-refractivity contribution in [2.75, 3.05) is 32.7 Å². The van der Waals surface area contributed by atoms with E-state index >= 15 is 0 Å². The predicted octanol–water partition coefficient (Wildman–Crippen LogP) is -0.553. The number of nitrogen functional groups attached to an aromatic ring is 1. The number of carbonyl (C=O) groups excluding carboxylic acids is 1. The standard InChI is InChI=1S/C11H18N4O3/c1-15(6-8(16)7-18-2)11(17)9-4-3-5-10(13-9)14-12/h3-5,8,16H,6-7,12H2,1-2H3,(H,13,14). The maximum atomic E-state index is 12.0. The predicted molar refractivity (Wildman–Crippen MR) is 66.9 cm³/mol. The van der Waals surface area contributed by atoms with Gasteiger partial charge in [0.15, 0.2) is 0 Å². The summed E-state index contributed by atoms with van der Waals surface area (Å²) in [7, 11) is 3.08. The molecular weight excluding hydrogens is 236 g/mol. The number of aliphatic hydroxyl groups is 1. The maximum absolute atomic E-state index is 12.0. The van der Waals surface area contributed by atoms with Crippen LogP contribution in [0, 0.1) is 0 Å². The van der Waals surface area contributed by atoms with Gasteiger partial charge in [-0.15, -0.1) is 0 Å². The van der Waals surface area contributed by atoms with Crippen LogP contribution in [0.4, 0.5) is 5.82 Å². The van der Waals surface area contributed by atoms with E-state index in [-0.39, 0.29) is 24.8 Å². The molecule has 1 rings (SSSR count). The average molecular weight is 254 g/mol. The molecule has 0 aromatic carbocycles. The van der Waals surface area contributed by atoms with Crippen molar-refractivity contribution in [3.05, 3.63) is 23.9 Å². The molecule has 0 saturated heterocycles. The number of rotatable bonds is 6. The number of hydrogen-bond donors (Lipinski definition) is 3. The molecule has 0 bridgehead atoms. The van der Waals surface area contributed by atoms with Crippen LogP contribution in [0.2, 0.25) is 0 Å². The highest BCUT2D eigenvalue weighted by atomic mass is 16.5. The lowest BCUT2D eigenvalue weighted by Crippen LogP contribution is -2.36. The van der Waals surface area contributed by atoms with E-state index in [9.17, 15) is 9.90 Å². The highest BCUT2D eigenvalue weighted by Crippen LogP contribution is 2.06. The zero-order valence-corrected chi connectivity index (χ0v) is 10.5. The van der Waals surface area contributed by atoms with Crippen molar-refractivity contribution in [1.29, 1.82) is 0 Å². The fraction of sp³-hybridized carbons (Fsp3) is 0.455. The Morgan fingerprint density at radius 1 is 1.67 bits per heavy atom. The van der Waals surface area contributed by atoms with Gasteiger partial charge in [-0.1, -0.05) is 6.07 Å². The van der Waals surface area contributed by atoms with Gasteiger partial charge < -0.3 is 20.2 Å². The van der Waals surface area contributed by atoms with Gasteiger partial charge >= 0.3 is 0 Å². The Morgan fingerprint density at radius 2 is 2.39 bits per heavy atom. The number of ether oxygens (including phenoxy) is 1. The summed E-state index contributed by atoms with van der Waals surface area (Å²) in [5, 5.41) is 9.54. The van der Waals surface area contributed by atoms with Gasteiger partial charge in [-0.2, -0.15) is 0 Å². The first kappa shape index (κ1) is 14.4. The zero-order chi connectivity index (χ0) is 13.5. The van der Waals surface area contributed by atoms with Crippen LogP contribution in [0.1, 0.15) is 10.5 Å². The second-order valence-corrected chi connectivity index (χ2v) is 3.85. The number of pyridine rings is 1. The van der Waals surface area contributed by atoms with Gasteiger partial charge in [0.1, 0.15) is 11.5 Å². The molecule has 0 aliphatic rings. The number of likely N-dealkylation sites (N-methyl/N-ethyl adjacent to an activating group) is 1. The van der Waals surface area contributed by atoms with Crippen molar-refractivity contribution in [3.63, 3.8) is 0 Å². The van der Waals surface area contributed by atoms with Gasteiger partial charge in [0.05, 0.1) is 12.7 Å². The second-order valence-electron chi connectivity index (χ2n) is 3.85. The van der Waals surface area contributed by atoms with Crippen LogP contribution in [0.3, 0.4) is 0 Å². The van der Waals surface area contributed by atoms with E-state index in [2.05, 4.69) is 10.4 Å². The molecule has 1 amide bonds. The van der Waals surface area contributed by atoms with Gasteiger partial charge in [0, 0.05) is 20.7 Å². The molecular formula is C11H18N4O3. The summed E-state index contributed by atoms with van der Waals surface area (Å²) in [6.45, 7) is 0.351. The first-order valence-corrected chi connectivity index (χ1v) is 5.44. The van der Waals surface area contributed by atoms with Gasteiger partial charge in [0.2, 0.25) is 0 Å². The van der Waals surface area contributed by atoms with Crippen molar-refractivity contribution in [2.24, 2.45) is 5.84 Å². The molecule has 0 radical (unpaired) electrons. The number of nitrogens with one attached hydrogen (secondary N) is 1. The third-order valence-electron chi connectivity index (χ3n) is 2.31. The molecule has 1 atom stereocenters. The molecule has 0 fully saturated rings. The van der Waals surface area contributed by atoms with Crippen LogP contribution in [-0.2, 0) is 4.74 Å². The van der Waals surface area contributed by atoms with Gasteiger partial charge in [0.25, 0.3) is 5.91 Å². The first-order valence-electron chi connectivity index (χ1n) is 5.44. The van der Waals surface area contributed by atoms with Crippen LogP contribution in [0.5, 0.6) is 0 Å². The van der Waals surface area contributed by atoms with Crippen molar-refractivity contribution < 1.29 is 14.6 Å². The molecule has 1 aromatic rings. The average Bonchev–Trinajstić information content (AvgIpc) is 2.38. The third-order valence-corrected chi connectivity index (χ3v) is 2.31. The highest BCUT2D eigenvalue weighted by Gasteiger charge is 2.16. The van der Waals surface area contributed by atoms with E-state index in [1.807, 2.05) is 0 Å². The number of nitrogens with zero attached hydrogens (tertiary/aromatic N) is 2. The first-order chi connectivity index (χ1) is 8.58. The van der Waals surface area contributed by atoms with Crippen LogP contribution < -0.4 is 11.3 Å². The summed E-state index contributed by atoms with van der Waals surface area (Å²) in [5.74, 6) is 5.34. The minimum Gasteiger partial charge on any atom is -0.389 e. The smallest absolute Gasteiger partial charge is 0.272 e. The quantitative estimate of drug-likeness (QED) is 0.465. The molecule has 0 spiro atoms. The third kappa shape index (κ3) is 3.95. The lowest BCUT2D eigenvalue weighted by Gasteiger charge is -2.20. The number of aromatic nitrogens is 1. The summed E-state index contributed by atoms with van der Waals surface area (Å²) in [6, 6.07) is 4.91. The highest BCUT2D eigenvalue weighted by molar-refractivity contribution is 5.92. The maximum Gasteiger partial charge on any atom is 0.272 e. The van der Waals surface area contributed by atoms with E-state index in [4.69, 9.17) is 10.6 Å². The Bertz CT molecular complexity index is 400. The summed E-state index contributed by atoms with van der Waals surface area (Å²) < 4.78 is 4.80. The van der Waals surface area contributed by atoms with Crippen LogP contribution in [-0.4, -0.2) is 54.3 Å². The fourth-order valence-corrected chi connectivity index (χ4v) is 1.47. The number of carbonyl (C=O) groups is 1. The Balaban J connectivity index is 2.67. The number of methoxy groups -OCH3 is 1. The minimum atomic E-state index is -0.722. The van der Waals surface area contributed by atoms with E-state index in [0.717, 1.165) is 0 Å². The number of hydrazine groups is 1. The fourth-order valence-electron chi connectivity index (χ4n) is 1.47. The molecule has 4 N–H and O–H groups in total. The zero-order valence-electron chi connectivity index (χ0n) is 10.5. The number of anilines is 1. The van der Waals surface area contributed by atoms with Crippen molar-refractivity contribution in [2.45, 2.75) is 6.10 Å². The van der Waals surface area contributed by atoms with Gasteiger partial charge in [-0.25, -0.2) is 10.8 Å². The van der Waals surface area contributed by atoms with Crippen LogP contribution in [0.25, 0.3) is 0 Å². The Labute approximate surface area is 106 Å². The normalized spacial score (nSPS) is 12.0. The molecule has 1 heterocycles. The monoisotopic (exact) mass is 254 g/mol. The second kappa shape index (κ2) is 6.90. The van der Waals surface area contributed by atoms with E-state index in [1.54, 1.807) is 25.2 Å². The molecule has 100 valence electrons. The Kier molecular flexibility index (Phi) is 5.50. The molecule has 1 unspecified atom stereocenters. The molecule has 7 nitrogen and oxygen atoms in total. The molecule has 7 heteroatoms. The number of nitrogens with two attached hydrogens (primary N) is 1. The van der Waals surface area contributed by atoms with E-state index < -0.39 is 6.10 Å². The SMILES string of the molecule is COCC(O)CN(C)C(=O)c1cccc(NN)n1. The molecule has 0 aliphatic heterocycles. The molecule has 0 aliphatic carbocycles. The lowest BCUT2D eigenvalue weighted by molar-refractivity contribution is 0.0378. The van der Waals surface area contributed by atoms with Crippen molar-refractivity contribution >= 4 is 11.7 Å². The minimum absolute atomic E-state index is 0.175. The van der Waals surface area contributed by atoms with Crippen molar-refractivity contribution in [3.8, 4) is 0 Å². The van der Waals surface area contributed by atoms with Crippen LogP contribution in [0.15, 0.2) is 18.2 Å². The molecule has 18 heavy (non-hydrogen) atoms. The molecule has 1 aromatic heterocycles. The Hall–Kier alpha value is -1.70. The summed E-state index contributed by atoms with van der Waals surface area (Å²) in [5.41, 5.74) is 2.63. The topological polar surface area (TPSA) is 101 Å². The number of hydrogen-bond acceptors (Lipinski definition) is 6. The van der Waals surface area contributed by atoms with Gasteiger partial charge in [-0.05, 0) is 12.1 Å². The lowest BCUT2D eigenvalue weighted by atomic mass is 10.3. The summed E-state index contributed by atoms with van der Waals surface area (Å²) >= 11 is 0. The molecule has 0 saturated carbocycles. The summed E-state index contributed by atoms with van der Waals surface area (Å²) in [4.78, 5) is 17.4. The number of amides is 1.